The lowest BCUT2D eigenvalue weighted by Crippen LogP contribution is -1.97. The van der Waals surface area contributed by atoms with Crippen LogP contribution in [-0.2, 0) is 0 Å². The van der Waals surface area contributed by atoms with Gasteiger partial charge in [0.15, 0.2) is 23.3 Å². The van der Waals surface area contributed by atoms with Crippen molar-refractivity contribution in [2.45, 2.75) is 90.9 Å². The average Bonchev–Trinajstić information content (AvgIpc) is 3.27. The highest BCUT2D eigenvalue weighted by molar-refractivity contribution is 9.11. The molecule has 0 spiro atoms. The van der Waals surface area contributed by atoms with E-state index in [2.05, 4.69) is 104 Å². The molecule has 0 aliphatic heterocycles. The second-order valence-corrected chi connectivity index (χ2v) is 15.1. The fourth-order valence-electron chi connectivity index (χ4n) is 5.41. The largest absolute Gasteiger partial charge is 0.494 e. The van der Waals surface area contributed by atoms with Gasteiger partial charge in [0.2, 0.25) is 0 Å². The van der Waals surface area contributed by atoms with E-state index in [1.54, 1.807) is 24.8 Å². The molecule has 0 radical (unpaired) electrons. The summed E-state index contributed by atoms with van der Waals surface area (Å²) in [5.41, 5.74) is 4.66. The zero-order chi connectivity index (χ0) is 41.8. The van der Waals surface area contributed by atoms with Crippen LogP contribution in [0.25, 0.3) is 24.3 Å². The lowest BCUT2D eigenvalue weighted by molar-refractivity contribution is 0.304. The van der Waals surface area contributed by atoms with E-state index in [1.165, 1.54) is 75.3 Å². The van der Waals surface area contributed by atoms with Crippen molar-refractivity contribution in [3.05, 3.63) is 152 Å². The molecule has 58 heavy (non-hydrogen) atoms. The van der Waals surface area contributed by atoms with Gasteiger partial charge in [-0.3, -0.25) is 9.97 Å². The molecule has 0 atom stereocenters. The van der Waals surface area contributed by atoms with Gasteiger partial charge in [0.25, 0.3) is 0 Å². The summed E-state index contributed by atoms with van der Waals surface area (Å²) in [5, 5.41) is 0. The van der Waals surface area contributed by atoms with Crippen LogP contribution >= 0.6 is 31.9 Å². The smallest absolute Gasteiger partial charge is 0.177 e. The van der Waals surface area contributed by atoms with Crippen molar-refractivity contribution in [2.75, 3.05) is 13.2 Å². The number of nitrogens with zero attached hydrogens (tertiary/aromatic N) is 2. The summed E-state index contributed by atoms with van der Waals surface area (Å²) in [6.45, 7) is 6.13. The molecule has 0 amide bonds. The number of halogens is 6. The van der Waals surface area contributed by atoms with E-state index < -0.39 is 32.2 Å². The molecule has 0 saturated carbocycles. The standard InChI is InChI=1S/2C21H27NO.C6Br2F4/c2*1-2-3-4-5-6-7-18-23-21-12-10-19(11-13-21)8-9-20-14-16-22-17-15-20;7-1-3(9)5(11)2(8)6(12)4(1)10/h2*8-17H,2-7,18H2,1H3;/b2*9-8+;. The Hall–Kier alpha value is -4.28. The van der Waals surface area contributed by atoms with Gasteiger partial charge in [-0.15, -0.1) is 0 Å². The quantitative estimate of drug-likeness (QED) is 0.0338. The minimum Gasteiger partial charge on any atom is -0.494 e. The molecular weight excluding hydrogens is 872 g/mol. The first-order valence-electron chi connectivity index (χ1n) is 20.0. The number of aromatic nitrogens is 2. The van der Waals surface area contributed by atoms with E-state index in [4.69, 9.17) is 9.47 Å². The van der Waals surface area contributed by atoms with Crippen LogP contribution in [0, 0.1) is 23.3 Å². The Morgan fingerprint density at radius 3 is 1.00 bits per heavy atom. The monoisotopic (exact) mass is 924 g/mol. The van der Waals surface area contributed by atoms with E-state index in [1.807, 2.05) is 48.5 Å². The molecule has 0 aliphatic carbocycles. The van der Waals surface area contributed by atoms with Gasteiger partial charge in [0, 0.05) is 24.8 Å². The summed E-state index contributed by atoms with van der Waals surface area (Å²) in [6, 6.07) is 24.5. The molecule has 0 aliphatic rings. The second-order valence-electron chi connectivity index (χ2n) is 13.5. The zero-order valence-corrected chi connectivity index (χ0v) is 36.6. The van der Waals surface area contributed by atoms with Crippen LogP contribution in [0.4, 0.5) is 17.6 Å². The molecule has 5 aromatic rings. The second kappa shape index (κ2) is 29.0. The van der Waals surface area contributed by atoms with Crippen molar-refractivity contribution in [1.82, 2.24) is 9.97 Å². The molecule has 0 N–H and O–H groups in total. The first-order chi connectivity index (χ1) is 28.2. The van der Waals surface area contributed by atoms with Gasteiger partial charge in [-0.05, 0) is 115 Å². The maximum absolute atomic E-state index is 12.6. The van der Waals surface area contributed by atoms with Crippen molar-refractivity contribution in [1.29, 1.82) is 0 Å². The highest BCUT2D eigenvalue weighted by Crippen LogP contribution is 2.31. The third-order valence-electron chi connectivity index (χ3n) is 8.80. The Morgan fingerprint density at radius 1 is 0.414 bits per heavy atom. The fourth-order valence-corrected chi connectivity index (χ4v) is 6.10. The van der Waals surface area contributed by atoms with Crippen LogP contribution in [0.2, 0.25) is 0 Å². The van der Waals surface area contributed by atoms with Crippen LogP contribution in [0.3, 0.4) is 0 Å². The molecule has 3 aromatic carbocycles. The van der Waals surface area contributed by atoms with Gasteiger partial charge in [-0.2, -0.15) is 0 Å². The SMILES string of the molecule is CCCCCCCCOc1ccc(/C=C/c2ccncc2)cc1.CCCCCCCCOc1ccc(/C=C/c2ccncc2)cc1.Fc1c(F)c(Br)c(F)c(F)c1Br. The van der Waals surface area contributed by atoms with Crippen LogP contribution in [0.5, 0.6) is 11.5 Å². The minimum absolute atomic E-state index is 0.818. The number of ether oxygens (including phenoxy) is 2. The van der Waals surface area contributed by atoms with Gasteiger partial charge in [-0.25, -0.2) is 17.6 Å². The predicted molar refractivity (Wildman–Crippen MR) is 239 cm³/mol. The molecule has 2 heterocycles. The Labute approximate surface area is 359 Å². The predicted octanol–water partition coefficient (Wildman–Crippen LogP) is 15.8. The Morgan fingerprint density at radius 2 is 0.690 bits per heavy atom. The Balaban J connectivity index is 0.000000245. The first kappa shape index (κ1) is 48.1. The van der Waals surface area contributed by atoms with Crippen LogP contribution in [0.1, 0.15) is 113 Å². The average molecular weight is 927 g/mol. The highest BCUT2D eigenvalue weighted by atomic mass is 79.9. The lowest BCUT2D eigenvalue weighted by atomic mass is 10.1. The number of pyridine rings is 2. The van der Waals surface area contributed by atoms with E-state index in [0.29, 0.717) is 0 Å². The summed E-state index contributed by atoms with van der Waals surface area (Å²) >= 11 is 4.73. The summed E-state index contributed by atoms with van der Waals surface area (Å²) in [7, 11) is 0. The first-order valence-corrected chi connectivity index (χ1v) is 21.6. The van der Waals surface area contributed by atoms with Gasteiger partial charge < -0.3 is 9.47 Å². The van der Waals surface area contributed by atoms with Crippen molar-refractivity contribution in [3.8, 4) is 11.5 Å². The van der Waals surface area contributed by atoms with E-state index in [9.17, 15) is 17.6 Å². The van der Waals surface area contributed by atoms with E-state index in [-0.39, 0.29) is 0 Å². The number of hydrogen-bond acceptors (Lipinski definition) is 4. The molecule has 0 saturated heterocycles. The number of rotatable bonds is 20. The lowest BCUT2D eigenvalue weighted by Gasteiger charge is -2.06. The van der Waals surface area contributed by atoms with Crippen molar-refractivity contribution in [2.24, 2.45) is 0 Å². The fraction of sp³-hybridized carbons (Fsp3) is 0.333. The van der Waals surface area contributed by atoms with Gasteiger partial charge >= 0.3 is 0 Å². The molecule has 0 fully saturated rings. The number of benzene rings is 3. The molecule has 0 bridgehead atoms. The van der Waals surface area contributed by atoms with Crippen molar-refractivity contribution < 1.29 is 27.0 Å². The minimum atomic E-state index is -1.46. The normalized spacial score (nSPS) is 10.9. The van der Waals surface area contributed by atoms with E-state index >= 15 is 0 Å². The third-order valence-corrected chi connectivity index (χ3v) is 10.2. The number of hydrogen-bond donors (Lipinski definition) is 0. The maximum atomic E-state index is 12.6. The van der Waals surface area contributed by atoms with E-state index in [0.717, 1.165) is 48.7 Å². The summed E-state index contributed by atoms with van der Waals surface area (Å²) < 4.78 is 60.2. The van der Waals surface area contributed by atoms with Crippen molar-refractivity contribution in [3.63, 3.8) is 0 Å². The topological polar surface area (TPSA) is 44.2 Å². The molecule has 0 unspecified atom stereocenters. The van der Waals surface area contributed by atoms with Crippen LogP contribution < -0.4 is 9.47 Å². The molecule has 310 valence electrons. The van der Waals surface area contributed by atoms with Crippen LogP contribution in [0.15, 0.2) is 107 Å². The molecule has 10 heteroatoms. The highest BCUT2D eigenvalue weighted by Gasteiger charge is 2.22. The Bertz CT molecular complexity index is 1700. The summed E-state index contributed by atoms with van der Waals surface area (Å²) in [4.78, 5) is 8.04. The van der Waals surface area contributed by atoms with Gasteiger partial charge in [-0.1, -0.05) is 127 Å². The third kappa shape index (κ3) is 19.0. The van der Waals surface area contributed by atoms with Gasteiger partial charge in [0.05, 0.1) is 22.2 Å². The molecule has 5 rings (SSSR count). The van der Waals surface area contributed by atoms with Crippen molar-refractivity contribution >= 4 is 56.2 Å². The number of unbranched alkanes of at least 4 members (excludes halogenated alkanes) is 10. The molecule has 4 nitrogen and oxygen atoms in total. The Kier molecular flexibility index (Phi) is 24.1. The summed E-state index contributed by atoms with van der Waals surface area (Å²) in [5.74, 6) is -3.91. The molecule has 2 aromatic heterocycles. The molecular formula is C48H54Br2F4N2O2. The van der Waals surface area contributed by atoms with Gasteiger partial charge in [0.1, 0.15) is 11.5 Å². The van der Waals surface area contributed by atoms with Crippen LogP contribution in [-0.4, -0.2) is 23.2 Å². The zero-order valence-electron chi connectivity index (χ0n) is 33.4. The maximum Gasteiger partial charge on any atom is 0.177 e. The summed E-state index contributed by atoms with van der Waals surface area (Å²) in [6.07, 6.45) is 31.1.